The van der Waals surface area contributed by atoms with Crippen molar-refractivity contribution in [3.8, 4) is 0 Å². The van der Waals surface area contributed by atoms with Crippen LogP contribution in [0, 0.1) is 13.8 Å². The second kappa shape index (κ2) is 7.94. The Kier molecular flexibility index (Phi) is 6.15. The molecule has 0 radical (unpaired) electrons. The SMILES string of the molecule is COC(=O)NC(=O)C[NH+]1CCN(S(=O)(=O)c2ccc(C)c(C)c2)CC1. The Hall–Kier alpha value is -1.97. The highest BCUT2D eigenvalue weighted by Crippen LogP contribution is 2.19. The third-order valence-electron chi connectivity index (χ3n) is 4.38. The highest BCUT2D eigenvalue weighted by atomic mass is 32.2. The molecule has 2 N–H and O–H groups in total. The van der Waals surface area contributed by atoms with Crippen LogP contribution in [0.2, 0.25) is 0 Å². The van der Waals surface area contributed by atoms with Crippen molar-refractivity contribution in [3.05, 3.63) is 29.3 Å². The Bertz CT molecular complexity index is 755. The molecule has 0 aliphatic carbocycles. The van der Waals surface area contributed by atoms with Crippen molar-refractivity contribution in [3.63, 3.8) is 0 Å². The van der Waals surface area contributed by atoms with E-state index in [1.54, 1.807) is 18.2 Å². The fraction of sp³-hybridized carbons (Fsp3) is 0.500. The molecule has 2 rings (SSSR count). The van der Waals surface area contributed by atoms with E-state index >= 15 is 0 Å². The minimum atomic E-state index is -3.53. The Morgan fingerprint density at radius 1 is 1.20 bits per heavy atom. The number of nitrogens with one attached hydrogen (secondary N) is 2. The van der Waals surface area contributed by atoms with Gasteiger partial charge in [-0.25, -0.2) is 13.2 Å². The average Bonchev–Trinajstić information content (AvgIpc) is 2.57. The normalized spacial score (nSPS) is 16.4. The second-order valence-electron chi connectivity index (χ2n) is 6.12. The van der Waals surface area contributed by atoms with Crippen LogP contribution < -0.4 is 10.2 Å². The third-order valence-corrected chi connectivity index (χ3v) is 6.28. The maximum atomic E-state index is 12.7. The van der Waals surface area contributed by atoms with Crippen LogP contribution in [0.5, 0.6) is 0 Å². The van der Waals surface area contributed by atoms with E-state index in [2.05, 4.69) is 10.1 Å². The average molecular weight is 370 g/mol. The predicted octanol–water partition coefficient (Wildman–Crippen LogP) is -0.925. The van der Waals surface area contributed by atoms with Crippen LogP contribution in [0.1, 0.15) is 11.1 Å². The molecular weight excluding hydrogens is 346 g/mol. The second-order valence-corrected chi connectivity index (χ2v) is 8.05. The number of rotatable bonds is 4. The number of ether oxygens (including phenoxy) is 1. The summed E-state index contributed by atoms with van der Waals surface area (Å²) < 4.78 is 31.3. The maximum absolute atomic E-state index is 12.7. The molecule has 1 aliphatic heterocycles. The number of alkyl carbamates (subject to hydrolysis) is 1. The number of carbonyl (C=O) groups excluding carboxylic acids is 2. The number of aryl methyl sites for hydroxylation is 2. The van der Waals surface area contributed by atoms with Crippen molar-refractivity contribution in [2.24, 2.45) is 0 Å². The highest BCUT2D eigenvalue weighted by Gasteiger charge is 2.31. The maximum Gasteiger partial charge on any atom is 0.413 e. The Morgan fingerprint density at radius 3 is 2.40 bits per heavy atom. The van der Waals surface area contributed by atoms with Gasteiger partial charge in [0, 0.05) is 0 Å². The first kappa shape index (κ1) is 19.4. The summed E-state index contributed by atoms with van der Waals surface area (Å²) in [7, 11) is -2.34. The minimum absolute atomic E-state index is 0.104. The number of quaternary nitrogens is 1. The van der Waals surface area contributed by atoms with Gasteiger partial charge in [0.2, 0.25) is 10.0 Å². The number of piperazine rings is 1. The fourth-order valence-corrected chi connectivity index (χ4v) is 4.21. The summed E-state index contributed by atoms with van der Waals surface area (Å²) in [5.41, 5.74) is 1.98. The lowest BCUT2D eigenvalue weighted by atomic mass is 10.1. The van der Waals surface area contributed by atoms with Gasteiger partial charge in [0.05, 0.1) is 38.2 Å². The summed E-state index contributed by atoms with van der Waals surface area (Å²) in [6, 6.07) is 5.12. The number of carbonyl (C=O) groups is 2. The molecule has 8 nitrogen and oxygen atoms in total. The molecule has 0 unspecified atom stereocenters. The molecule has 1 aromatic carbocycles. The number of sulfonamides is 1. The number of methoxy groups -OCH3 is 1. The molecule has 1 fully saturated rings. The van der Waals surface area contributed by atoms with Crippen LogP contribution in [0.25, 0.3) is 0 Å². The topological polar surface area (TPSA) is 97.2 Å². The van der Waals surface area contributed by atoms with E-state index in [1.165, 1.54) is 11.4 Å². The fourth-order valence-electron chi connectivity index (χ4n) is 2.68. The van der Waals surface area contributed by atoms with Gasteiger partial charge in [0.15, 0.2) is 6.54 Å². The monoisotopic (exact) mass is 370 g/mol. The Morgan fingerprint density at radius 2 is 1.84 bits per heavy atom. The van der Waals surface area contributed by atoms with Gasteiger partial charge >= 0.3 is 6.09 Å². The number of amides is 2. The summed E-state index contributed by atoms with van der Waals surface area (Å²) in [4.78, 5) is 23.9. The van der Waals surface area contributed by atoms with Crippen LogP contribution in [0.15, 0.2) is 23.1 Å². The first-order chi connectivity index (χ1) is 11.7. The van der Waals surface area contributed by atoms with E-state index in [1.807, 2.05) is 13.8 Å². The van der Waals surface area contributed by atoms with Crippen LogP contribution in [-0.4, -0.2) is 64.6 Å². The largest absolute Gasteiger partial charge is 0.453 e. The Balaban J connectivity index is 1.95. The molecule has 0 bridgehead atoms. The number of hydrogen-bond acceptors (Lipinski definition) is 5. The third kappa shape index (κ3) is 4.77. The molecule has 0 saturated carbocycles. The summed E-state index contributed by atoms with van der Waals surface area (Å²) >= 11 is 0. The molecule has 1 heterocycles. The number of nitrogens with zero attached hydrogens (tertiary/aromatic N) is 1. The Labute approximate surface area is 147 Å². The highest BCUT2D eigenvalue weighted by molar-refractivity contribution is 7.89. The van der Waals surface area contributed by atoms with Crippen LogP contribution in [0.4, 0.5) is 4.79 Å². The molecule has 2 amide bonds. The van der Waals surface area contributed by atoms with Gasteiger partial charge < -0.3 is 9.64 Å². The number of benzene rings is 1. The van der Waals surface area contributed by atoms with E-state index in [-0.39, 0.29) is 6.54 Å². The first-order valence-electron chi connectivity index (χ1n) is 8.03. The van der Waals surface area contributed by atoms with Crippen LogP contribution >= 0.6 is 0 Å². The lowest BCUT2D eigenvalue weighted by Crippen LogP contribution is -3.15. The minimum Gasteiger partial charge on any atom is -0.453 e. The van der Waals surface area contributed by atoms with E-state index in [0.29, 0.717) is 31.1 Å². The molecular formula is C16H24N3O5S+. The zero-order valence-electron chi connectivity index (χ0n) is 14.7. The smallest absolute Gasteiger partial charge is 0.413 e. The lowest BCUT2D eigenvalue weighted by molar-refractivity contribution is -0.895. The van der Waals surface area contributed by atoms with Crippen molar-refractivity contribution in [1.82, 2.24) is 9.62 Å². The first-order valence-corrected chi connectivity index (χ1v) is 9.47. The molecule has 1 aliphatic rings. The molecule has 1 saturated heterocycles. The molecule has 25 heavy (non-hydrogen) atoms. The van der Waals surface area contributed by atoms with Crippen LogP contribution in [-0.2, 0) is 19.6 Å². The van der Waals surface area contributed by atoms with E-state index in [0.717, 1.165) is 16.0 Å². The summed E-state index contributed by atoms with van der Waals surface area (Å²) in [6.45, 7) is 5.58. The number of imide groups is 1. The van der Waals surface area contributed by atoms with Crippen molar-refractivity contribution in [2.75, 3.05) is 39.8 Å². The van der Waals surface area contributed by atoms with Crippen molar-refractivity contribution >= 4 is 22.0 Å². The van der Waals surface area contributed by atoms with Crippen LogP contribution in [0.3, 0.4) is 0 Å². The van der Waals surface area contributed by atoms with E-state index < -0.39 is 22.0 Å². The molecule has 9 heteroatoms. The zero-order chi connectivity index (χ0) is 18.6. The van der Waals surface area contributed by atoms with Gasteiger partial charge in [0.25, 0.3) is 5.91 Å². The van der Waals surface area contributed by atoms with Gasteiger partial charge in [-0.05, 0) is 37.1 Å². The number of hydrogen-bond donors (Lipinski definition) is 2. The zero-order valence-corrected chi connectivity index (χ0v) is 15.5. The molecule has 0 aromatic heterocycles. The molecule has 138 valence electrons. The van der Waals surface area contributed by atoms with Gasteiger partial charge in [-0.15, -0.1) is 0 Å². The van der Waals surface area contributed by atoms with Gasteiger partial charge in [-0.2, -0.15) is 4.31 Å². The molecule has 0 spiro atoms. The summed E-state index contributed by atoms with van der Waals surface area (Å²) in [6.07, 6.45) is -0.791. The van der Waals surface area contributed by atoms with Crippen molar-refractivity contribution in [1.29, 1.82) is 0 Å². The van der Waals surface area contributed by atoms with Crippen molar-refractivity contribution < 1.29 is 27.6 Å². The molecule has 1 aromatic rings. The van der Waals surface area contributed by atoms with E-state index in [9.17, 15) is 18.0 Å². The van der Waals surface area contributed by atoms with Gasteiger partial charge in [-0.3, -0.25) is 10.1 Å². The summed E-state index contributed by atoms with van der Waals surface area (Å²) in [5, 5.41) is 2.10. The summed E-state index contributed by atoms with van der Waals surface area (Å²) in [5.74, 6) is -0.438. The molecule has 0 atom stereocenters. The van der Waals surface area contributed by atoms with Gasteiger partial charge in [-0.1, -0.05) is 6.07 Å². The van der Waals surface area contributed by atoms with Gasteiger partial charge in [0.1, 0.15) is 0 Å². The quantitative estimate of drug-likeness (QED) is 0.714. The van der Waals surface area contributed by atoms with E-state index in [4.69, 9.17) is 0 Å². The standard InChI is InChI=1S/C16H23N3O5S/c1-12-4-5-14(10-13(12)2)25(22,23)19-8-6-18(7-9-19)11-15(20)17-16(21)24-3/h4-5,10H,6-9,11H2,1-3H3,(H,17,20,21)/p+1. The van der Waals surface area contributed by atoms with Crippen molar-refractivity contribution in [2.45, 2.75) is 18.7 Å². The predicted molar refractivity (Wildman–Crippen MR) is 90.8 cm³/mol. The lowest BCUT2D eigenvalue weighted by Gasteiger charge is -2.31.